The van der Waals surface area contributed by atoms with Crippen LogP contribution in [0.25, 0.3) is 0 Å². The molecule has 5 heteroatoms. The maximum absolute atomic E-state index is 11.2. The van der Waals surface area contributed by atoms with Crippen LogP contribution in [0.2, 0.25) is 0 Å². The first-order valence-electron chi connectivity index (χ1n) is 4.87. The van der Waals surface area contributed by atoms with Gasteiger partial charge in [-0.1, -0.05) is 0 Å². The van der Waals surface area contributed by atoms with Crippen molar-refractivity contribution in [2.45, 2.75) is 25.4 Å². The molecule has 2 heterocycles. The summed E-state index contributed by atoms with van der Waals surface area (Å²) < 4.78 is 13.3. The van der Waals surface area contributed by atoms with E-state index in [0.29, 0.717) is 12.6 Å². The van der Waals surface area contributed by atoms with Crippen LogP contribution < -0.4 is 5.73 Å². The van der Waals surface area contributed by atoms with Gasteiger partial charge in [-0.05, 0) is 12.8 Å². The van der Waals surface area contributed by atoms with E-state index in [4.69, 9.17) is 5.73 Å². The molecular weight excluding hydrogens is 198 g/mol. The molecule has 0 aliphatic carbocycles. The van der Waals surface area contributed by atoms with Crippen LogP contribution in [-0.2, 0) is 17.3 Å². The van der Waals surface area contributed by atoms with E-state index in [9.17, 15) is 4.21 Å². The molecule has 4 nitrogen and oxygen atoms in total. The first-order chi connectivity index (χ1) is 6.81. The number of hydrogen-bond acceptors (Lipinski definition) is 3. The van der Waals surface area contributed by atoms with Crippen molar-refractivity contribution in [2.24, 2.45) is 5.73 Å². The highest BCUT2D eigenvalue weighted by molar-refractivity contribution is 7.85. The fourth-order valence-corrected chi connectivity index (χ4v) is 3.15. The second-order valence-corrected chi connectivity index (χ2v) is 5.27. The molecule has 2 rings (SSSR count). The maximum atomic E-state index is 11.2. The number of imidazole rings is 1. The molecule has 78 valence electrons. The molecular formula is C9H15N3OS. The summed E-state index contributed by atoms with van der Waals surface area (Å²) >= 11 is 0. The lowest BCUT2D eigenvalue weighted by Crippen LogP contribution is -2.23. The first-order valence-corrected chi connectivity index (χ1v) is 6.36. The van der Waals surface area contributed by atoms with Gasteiger partial charge in [-0.25, -0.2) is 4.98 Å². The summed E-state index contributed by atoms with van der Waals surface area (Å²) in [6.07, 6.45) is 5.61. The normalized spacial score (nSPS) is 27.8. The number of hydrogen-bond donors (Lipinski definition) is 1. The van der Waals surface area contributed by atoms with Crippen LogP contribution in [-0.4, -0.2) is 25.3 Å². The molecule has 1 aromatic heterocycles. The van der Waals surface area contributed by atoms with Crippen molar-refractivity contribution in [1.82, 2.24) is 9.55 Å². The van der Waals surface area contributed by atoms with Gasteiger partial charge < -0.3 is 10.3 Å². The van der Waals surface area contributed by atoms with Gasteiger partial charge >= 0.3 is 0 Å². The number of rotatable bonds is 2. The van der Waals surface area contributed by atoms with E-state index < -0.39 is 10.8 Å². The van der Waals surface area contributed by atoms with Crippen LogP contribution in [0.5, 0.6) is 0 Å². The number of nitrogens with two attached hydrogens (primary N) is 1. The minimum Gasteiger partial charge on any atom is -0.330 e. The molecule has 14 heavy (non-hydrogen) atoms. The average molecular weight is 213 g/mol. The lowest BCUT2D eigenvalue weighted by atomic mass is 10.1. The summed E-state index contributed by atoms with van der Waals surface area (Å²) in [4.78, 5) is 4.09. The highest BCUT2D eigenvalue weighted by Crippen LogP contribution is 2.23. The summed E-state index contributed by atoms with van der Waals surface area (Å²) in [6, 6.07) is 0.453. The van der Waals surface area contributed by atoms with Crippen molar-refractivity contribution in [3.05, 3.63) is 18.2 Å². The van der Waals surface area contributed by atoms with Gasteiger partial charge in [-0.15, -0.1) is 0 Å². The average Bonchev–Trinajstić information content (AvgIpc) is 2.67. The van der Waals surface area contributed by atoms with E-state index in [1.54, 1.807) is 0 Å². The zero-order valence-corrected chi connectivity index (χ0v) is 8.87. The van der Waals surface area contributed by atoms with Crippen LogP contribution >= 0.6 is 0 Å². The number of nitrogens with zero attached hydrogens (tertiary/aromatic N) is 2. The SMILES string of the molecule is NCc1cncn1C1CCS(=O)CC1. The molecule has 1 aliphatic heterocycles. The molecule has 0 saturated carbocycles. The van der Waals surface area contributed by atoms with E-state index in [1.165, 1.54) is 0 Å². The lowest BCUT2D eigenvalue weighted by Gasteiger charge is -2.24. The van der Waals surface area contributed by atoms with Gasteiger partial charge in [-0.3, -0.25) is 4.21 Å². The van der Waals surface area contributed by atoms with Gasteiger partial charge in [0.25, 0.3) is 0 Å². The summed E-state index contributed by atoms with van der Waals surface area (Å²) in [5.41, 5.74) is 6.68. The van der Waals surface area contributed by atoms with Crippen molar-refractivity contribution >= 4 is 10.8 Å². The monoisotopic (exact) mass is 213 g/mol. The third kappa shape index (κ3) is 1.88. The highest BCUT2D eigenvalue weighted by atomic mass is 32.2. The van der Waals surface area contributed by atoms with Crippen LogP contribution in [0, 0.1) is 0 Å². The summed E-state index contributed by atoms with van der Waals surface area (Å²) in [5, 5.41) is 0. The van der Waals surface area contributed by atoms with Crippen LogP contribution in [0.15, 0.2) is 12.5 Å². The summed E-state index contributed by atoms with van der Waals surface area (Å²) in [6.45, 7) is 0.527. The molecule has 0 aromatic carbocycles. The fraction of sp³-hybridized carbons (Fsp3) is 0.667. The van der Waals surface area contributed by atoms with Gasteiger partial charge in [0.15, 0.2) is 0 Å². The quantitative estimate of drug-likeness (QED) is 0.774. The van der Waals surface area contributed by atoms with Crippen molar-refractivity contribution < 1.29 is 4.21 Å². The Labute approximate surface area is 86.0 Å². The zero-order valence-electron chi connectivity index (χ0n) is 8.06. The molecule has 0 atom stereocenters. The molecule has 1 fully saturated rings. The Kier molecular flexibility index (Phi) is 2.98. The molecule has 1 aliphatic rings. The molecule has 2 N–H and O–H groups in total. The van der Waals surface area contributed by atoms with Crippen molar-refractivity contribution in [1.29, 1.82) is 0 Å². The molecule has 1 saturated heterocycles. The van der Waals surface area contributed by atoms with E-state index in [2.05, 4.69) is 9.55 Å². The predicted molar refractivity (Wildman–Crippen MR) is 56.3 cm³/mol. The standard InChI is InChI=1S/C9H15N3OS/c10-5-9-6-11-7-12(9)8-1-3-14(13)4-2-8/h6-8H,1-5,10H2. The summed E-state index contributed by atoms with van der Waals surface area (Å²) in [5.74, 6) is 1.62. The third-order valence-electron chi connectivity index (χ3n) is 2.71. The van der Waals surface area contributed by atoms with Crippen molar-refractivity contribution in [3.63, 3.8) is 0 Å². The van der Waals surface area contributed by atoms with Crippen LogP contribution in [0.1, 0.15) is 24.6 Å². The third-order valence-corrected chi connectivity index (χ3v) is 4.09. The van der Waals surface area contributed by atoms with Crippen LogP contribution in [0.3, 0.4) is 0 Å². The minimum absolute atomic E-state index is 0.453. The van der Waals surface area contributed by atoms with E-state index in [0.717, 1.165) is 30.0 Å². The smallest absolute Gasteiger partial charge is 0.0951 e. The largest absolute Gasteiger partial charge is 0.330 e. The molecule has 0 amide bonds. The summed E-state index contributed by atoms with van der Waals surface area (Å²) in [7, 11) is -0.596. The first kappa shape index (κ1) is 9.86. The second kappa shape index (κ2) is 4.23. The fourth-order valence-electron chi connectivity index (χ4n) is 1.88. The Hall–Kier alpha value is -0.680. The molecule has 1 aromatic rings. The lowest BCUT2D eigenvalue weighted by molar-refractivity contribution is 0.449. The van der Waals surface area contributed by atoms with Crippen LogP contribution in [0.4, 0.5) is 0 Å². The van der Waals surface area contributed by atoms with Gasteiger partial charge in [0.1, 0.15) is 0 Å². The maximum Gasteiger partial charge on any atom is 0.0951 e. The number of aromatic nitrogens is 2. The Balaban J connectivity index is 2.11. The predicted octanol–water partition coefficient (Wildman–Crippen LogP) is 0.425. The highest BCUT2D eigenvalue weighted by Gasteiger charge is 2.20. The van der Waals surface area contributed by atoms with Gasteiger partial charge in [0, 0.05) is 41.1 Å². The van der Waals surface area contributed by atoms with Crippen molar-refractivity contribution in [2.75, 3.05) is 11.5 Å². The van der Waals surface area contributed by atoms with Crippen molar-refractivity contribution in [3.8, 4) is 0 Å². The Bertz CT molecular complexity index is 327. The molecule has 0 bridgehead atoms. The Morgan fingerprint density at radius 1 is 1.57 bits per heavy atom. The van der Waals surface area contributed by atoms with E-state index in [-0.39, 0.29) is 0 Å². The Morgan fingerprint density at radius 3 is 2.93 bits per heavy atom. The topological polar surface area (TPSA) is 60.9 Å². The molecule has 0 spiro atoms. The van der Waals surface area contributed by atoms with Gasteiger partial charge in [0.05, 0.1) is 12.0 Å². The minimum atomic E-state index is -0.596. The molecule has 0 unspecified atom stereocenters. The van der Waals surface area contributed by atoms with Gasteiger partial charge in [0.2, 0.25) is 0 Å². The van der Waals surface area contributed by atoms with E-state index >= 15 is 0 Å². The zero-order chi connectivity index (χ0) is 9.97. The molecule has 0 radical (unpaired) electrons. The second-order valence-electron chi connectivity index (χ2n) is 3.58. The Morgan fingerprint density at radius 2 is 2.29 bits per heavy atom. The van der Waals surface area contributed by atoms with E-state index in [1.807, 2.05) is 12.5 Å². The van der Waals surface area contributed by atoms with Gasteiger partial charge in [-0.2, -0.15) is 0 Å².